The normalized spacial score (nSPS) is 17.7. The molecule has 1 aliphatic heterocycles. The van der Waals surface area contributed by atoms with Crippen LogP contribution in [0.2, 0.25) is 5.02 Å². The van der Waals surface area contributed by atoms with Crippen molar-refractivity contribution in [3.8, 4) is 5.75 Å². The largest absolute Gasteiger partial charge is 0.497 e. The van der Waals surface area contributed by atoms with E-state index >= 15 is 0 Å². The summed E-state index contributed by atoms with van der Waals surface area (Å²) in [7, 11) is 1.62. The van der Waals surface area contributed by atoms with E-state index in [0.29, 0.717) is 6.54 Å². The second-order valence-electron chi connectivity index (χ2n) is 5.93. The molecule has 1 N–H and O–H groups in total. The minimum atomic E-state index is -0.0147. The van der Waals surface area contributed by atoms with Crippen molar-refractivity contribution >= 4 is 23.2 Å². The predicted molar refractivity (Wildman–Crippen MR) is 96.6 cm³/mol. The maximum absolute atomic E-state index is 12.4. The van der Waals surface area contributed by atoms with Crippen molar-refractivity contribution in [1.82, 2.24) is 4.90 Å². The van der Waals surface area contributed by atoms with Crippen molar-refractivity contribution in [3.63, 3.8) is 0 Å². The molecule has 4 nitrogen and oxygen atoms in total. The summed E-state index contributed by atoms with van der Waals surface area (Å²) in [5, 5.41) is 3.71. The van der Waals surface area contributed by atoms with E-state index in [2.05, 4.69) is 10.2 Å². The third-order valence-electron chi connectivity index (χ3n) is 4.35. The second-order valence-corrected chi connectivity index (χ2v) is 6.33. The Morgan fingerprint density at radius 1 is 1.25 bits per heavy atom. The Labute approximate surface area is 147 Å². The van der Waals surface area contributed by atoms with Gasteiger partial charge in [0.05, 0.1) is 13.7 Å². The molecule has 3 rings (SSSR count). The van der Waals surface area contributed by atoms with Crippen LogP contribution in [-0.4, -0.2) is 31.0 Å². The van der Waals surface area contributed by atoms with Gasteiger partial charge in [-0.05, 0) is 55.3 Å². The average molecular weight is 345 g/mol. The van der Waals surface area contributed by atoms with E-state index in [0.717, 1.165) is 41.4 Å². The van der Waals surface area contributed by atoms with Gasteiger partial charge < -0.3 is 10.1 Å². The van der Waals surface area contributed by atoms with Crippen molar-refractivity contribution in [2.24, 2.45) is 0 Å². The number of ether oxygens (including phenoxy) is 1. The molecular formula is C19H21ClN2O2. The molecule has 1 aliphatic rings. The van der Waals surface area contributed by atoms with Crippen LogP contribution in [-0.2, 0) is 4.79 Å². The molecule has 24 heavy (non-hydrogen) atoms. The van der Waals surface area contributed by atoms with Crippen LogP contribution in [0.25, 0.3) is 0 Å². The number of nitrogens with one attached hydrogen (secondary N) is 1. The first-order valence-corrected chi connectivity index (χ1v) is 8.47. The standard InChI is InChI=1S/C19H21ClN2O2/c1-24-15-10-8-14(9-11-15)21-19(23)13-22-12-4-7-18(22)16-5-2-3-6-17(16)20/h2-3,5-6,8-11,18H,4,7,12-13H2,1H3,(H,21,23). The molecule has 0 bridgehead atoms. The minimum absolute atomic E-state index is 0.0147. The highest BCUT2D eigenvalue weighted by Crippen LogP contribution is 2.35. The number of carbonyl (C=O) groups is 1. The highest BCUT2D eigenvalue weighted by atomic mass is 35.5. The molecule has 1 amide bonds. The Balaban J connectivity index is 1.63. The Hall–Kier alpha value is -2.04. The lowest BCUT2D eigenvalue weighted by Crippen LogP contribution is -2.33. The Morgan fingerprint density at radius 3 is 2.71 bits per heavy atom. The van der Waals surface area contributed by atoms with Crippen molar-refractivity contribution < 1.29 is 9.53 Å². The predicted octanol–water partition coefficient (Wildman–Crippen LogP) is 4.12. The second kappa shape index (κ2) is 7.69. The van der Waals surface area contributed by atoms with Crippen LogP contribution in [0, 0.1) is 0 Å². The van der Waals surface area contributed by atoms with E-state index in [9.17, 15) is 4.79 Å². The van der Waals surface area contributed by atoms with Crippen LogP contribution in [0.4, 0.5) is 5.69 Å². The van der Waals surface area contributed by atoms with Gasteiger partial charge in [-0.25, -0.2) is 0 Å². The van der Waals surface area contributed by atoms with Crippen molar-refractivity contribution in [3.05, 3.63) is 59.1 Å². The van der Waals surface area contributed by atoms with Crippen molar-refractivity contribution in [2.75, 3.05) is 25.5 Å². The fourth-order valence-electron chi connectivity index (χ4n) is 3.17. The van der Waals surface area contributed by atoms with Gasteiger partial charge in [0.2, 0.25) is 5.91 Å². The number of benzene rings is 2. The van der Waals surface area contributed by atoms with E-state index in [4.69, 9.17) is 16.3 Å². The molecule has 1 fully saturated rings. The van der Waals surface area contributed by atoms with Gasteiger partial charge >= 0.3 is 0 Å². The molecule has 1 atom stereocenters. The number of hydrogen-bond donors (Lipinski definition) is 1. The number of rotatable bonds is 5. The smallest absolute Gasteiger partial charge is 0.238 e. The quantitative estimate of drug-likeness (QED) is 0.887. The summed E-state index contributed by atoms with van der Waals surface area (Å²) >= 11 is 6.33. The van der Waals surface area contributed by atoms with Crippen LogP contribution < -0.4 is 10.1 Å². The molecule has 0 spiro atoms. The fraction of sp³-hybridized carbons (Fsp3) is 0.316. The van der Waals surface area contributed by atoms with E-state index in [-0.39, 0.29) is 11.9 Å². The SMILES string of the molecule is COc1ccc(NC(=O)CN2CCCC2c2ccccc2Cl)cc1. The number of carbonyl (C=O) groups excluding carboxylic acids is 1. The topological polar surface area (TPSA) is 41.6 Å². The van der Waals surface area contributed by atoms with Gasteiger partial charge in [0.1, 0.15) is 5.75 Å². The Morgan fingerprint density at radius 2 is 2.00 bits per heavy atom. The third kappa shape index (κ3) is 3.89. The molecule has 126 valence electrons. The average Bonchev–Trinajstić information content (AvgIpc) is 3.03. The maximum atomic E-state index is 12.4. The van der Waals surface area contributed by atoms with E-state index in [1.165, 1.54) is 0 Å². The molecule has 0 aromatic heterocycles. The summed E-state index contributed by atoms with van der Waals surface area (Å²) in [5.41, 5.74) is 1.88. The summed E-state index contributed by atoms with van der Waals surface area (Å²) in [4.78, 5) is 14.6. The highest BCUT2D eigenvalue weighted by molar-refractivity contribution is 6.31. The summed E-state index contributed by atoms with van der Waals surface area (Å²) in [6.07, 6.45) is 2.10. The molecule has 5 heteroatoms. The first-order valence-electron chi connectivity index (χ1n) is 8.10. The molecule has 2 aromatic rings. The number of methoxy groups -OCH3 is 1. The Bertz CT molecular complexity index is 703. The summed E-state index contributed by atoms with van der Waals surface area (Å²) < 4.78 is 5.12. The highest BCUT2D eigenvalue weighted by Gasteiger charge is 2.28. The first-order chi connectivity index (χ1) is 11.7. The summed E-state index contributed by atoms with van der Waals surface area (Å²) in [5.74, 6) is 0.755. The van der Waals surface area contributed by atoms with E-state index in [1.807, 2.05) is 48.5 Å². The van der Waals surface area contributed by atoms with Gasteiger partial charge in [-0.2, -0.15) is 0 Å². The number of amides is 1. The molecule has 0 saturated carbocycles. The van der Waals surface area contributed by atoms with Crippen LogP contribution in [0.3, 0.4) is 0 Å². The van der Waals surface area contributed by atoms with Crippen molar-refractivity contribution in [1.29, 1.82) is 0 Å². The van der Waals surface area contributed by atoms with Gasteiger partial charge in [0, 0.05) is 16.8 Å². The number of halogens is 1. The summed E-state index contributed by atoms with van der Waals surface area (Å²) in [6, 6.07) is 15.4. The molecule has 2 aromatic carbocycles. The van der Waals surface area contributed by atoms with Gasteiger partial charge in [0.25, 0.3) is 0 Å². The lowest BCUT2D eigenvalue weighted by atomic mass is 10.0. The zero-order valence-electron chi connectivity index (χ0n) is 13.7. The Kier molecular flexibility index (Phi) is 5.38. The maximum Gasteiger partial charge on any atom is 0.238 e. The molecule has 1 saturated heterocycles. The molecule has 1 heterocycles. The number of nitrogens with zero attached hydrogens (tertiary/aromatic N) is 1. The minimum Gasteiger partial charge on any atom is -0.497 e. The lowest BCUT2D eigenvalue weighted by Gasteiger charge is -2.25. The van der Waals surface area contributed by atoms with Gasteiger partial charge in [0.15, 0.2) is 0 Å². The molecule has 0 aliphatic carbocycles. The zero-order valence-corrected chi connectivity index (χ0v) is 14.4. The molecule has 1 unspecified atom stereocenters. The van der Waals surface area contributed by atoms with Gasteiger partial charge in [-0.15, -0.1) is 0 Å². The van der Waals surface area contributed by atoms with E-state index < -0.39 is 0 Å². The van der Waals surface area contributed by atoms with E-state index in [1.54, 1.807) is 7.11 Å². The number of hydrogen-bond acceptors (Lipinski definition) is 3. The third-order valence-corrected chi connectivity index (χ3v) is 4.69. The number of likely N-dealkylation sites (tertiary alicyclic amines) is 1. The van der Waals surface area contributed by atoms with Crippen LogP contribution in [0.5, 0.6) is 5.75 Å². The van der Waals surface area contributed by atoms with Gasteiger partial charge in [-0.1, -0.05) is 29.8 Å². The monoisotopic (exact) mass is 344 g/mol. The lowest BCUT2D eigenvalue weighted by molar-refractivity contribution is -0.117. The molecular weight excluding hydrogens is 324 g/mol. The zero-order chi connectivity index (χ0) is 16.9. The fourth-order valence-corrected chi connectivity index (χ4v) is 3.43. The van der Waals surface area contributed by atoms with Crippen LogP contribution in [0.15, 0.2) is 48.5 Å². The molecule has 0 radical (unpaired) electrons. The van der Waals surface area contributed by atoms with Crippen molar-refractivity contribution in [2.45, 2.75) is 18.9 Å². The summed E-state index contributed by atoms with van der Waals surface area (Å²) in [6.45, 7) is 1.27. The van der Waals surface area contributed by atoms with Gasteiger partial charge in [-0.3, -0.25) is 9.69 Å². The first kappa shape index (κ1) is 16.8. The van der Waals surface area contributed by atoms with Crippen LogP contribution in [0.1, 0.15) is 24.4 Å². The van der Waals surface area contributed by atoms with Crippen LogP contribution >= 0.6 is 11.6 Å². The number of anilines is 1.